The van der Waals surface area contributed by atoms with Gasteiger partial charge in [-0.05, 0) is 12.1 Å². The topological polar surface area (TPSA) is 72.0 Å². The minimum Gasteiger partial charge on any atom is -0.398 e. The quantitative estimate of drug-likeness (QED) is 0.779. The van der Waals surface area contributed by atoms with Gasteiger partial charge in [0.2, 0.25) is 0 Å². The molecule has 0 amide bonds. The molecule has 0 aliphatic carbocycles. The summed E-state index contributed by atoms with van der Waals surface area (Å²) in [5.41, 5.74) is 7.43. The van der Waals surface area contributed by atoms with Gasteiger partial charge in [-0.25, -0.2) is 4.98 Å². The number of pyridine rings is 2. The first kappa shape index (κ1) is 10.9. The maximum atomic E-state index is 10.1. The lowest BCUT2D eigenvalue weighted by molar-refractivity contribution is 0.220. The Balaban J connectivity index is 2.35. The van der Waals surface area contributed by atoms with E-state index in [1.54, 1.807) is 24.4 Å². The maximum absolute atomic E-state index is 10.1. The van der Waals surface area contributed by atoms with E-state index in [4.69, 9.17) is 17.3 Å². The van der Waals surface area contributed by atoms with Gasteiger partial charge >= 0.3 is 0 Å². The molecule has 0 bridgehead atoms. The van der Waals surface area contributed by atoms with Crippen molar-refractivity contribution in [2.24, 2.45) is 0 Å². The van der Waals surface area contributed by atoms with E-state index in [2.05, 4.69) is 9.97 Å². The second kappa shape index (κ2) is 4.47. The second-order valence-electron chi connectivity index (χ2n) is 3.32. The van der Waals surface area contributed by atoms with Crippen LogP contribution >= 0.6 is 11.6 Å². The van der Waals surface area contributed by atoms with Gasteiger partial charge in [0, 0.05) is 35.4 Å². The van der Waals surface area contributed by atoms with Crippen molar-refractivity contribution >= 4 is 17.3 Å². The predicted molar refractivity (Wildman–Crippen MR) is 62.0 cm³/mol. The zero-order valence-corrected chi connectivity index (χ0v) is 9.09. The molecule has 1 unspecified atom stereocenters. The fourth-order valence-electron chi connectivity index (χ4n) is 1.37. The molecule has 0 fully saturated rings. The van der Waals surface area contributed by atoms with E-state index < -0.39 is 6.10 Å². The lowest BCUT2D eigenvalue weighted by Gasteiger charge is -2.12. The molecular formula is C11H10ClN3O. The summed E-state index contributed by atoms with van der Waals surface area (Å²) in [5, 5.41) is 10.4. The van der Waals surface area contributed by atoms with E-state index >= 15 is 0 Å². The third-order valence-electron chi connectivity index (χ3n) is 2.25. The molecular weight excluding hydrogens is 226 g/mol. The fourth-order valence-corrected chi connectivity index (χ4v) is 1.49. The number of nitrogen functional groups attached to an aromatic ring is 1. The number of nitrogens with two attached hydrogens (primary N) is 1. The summed E-state index contributed by atoms with van der Waals surface area (Å²) in [5.74, 6) is 0. The van der Waals surface area contributed by atoms with Crippen LogP contribution in [0.1, 0.15) is 17.2 Å². The van der Waals surface area contributed by atoms with Gasteiger partial charge in [0.25, 0.3) is 0 Å². The molecule has 0 aliphatic heterocycles. The van der Waals surface area contributed by atoms with Gasteiger partial charge in [-0.15, -0.1) is 0 Å². The lowest BCUT2D eigenvalue weighted by Crippen LogP contribution is -2.04. The normalized spacial score (nSPS) is 12.4. The maximum Gasteiger partial charge on any atom is 0.129 e. The largest absolute Gasteiger partial charge is 0.398 e. The van der Waals surface area contributed by atoms with Crippen LogP contribution in [0.15, 0.2) is 36.8 Å². The van der Waals surface area contributed by atoms with Crippen molar-refractivity contribution in [2.75, 3.05) is 5.73 Å². The Morgan fingerprint density at radius 2 is 2.06 bits per heavy atom. The summed E-state index contributed by atoms with van der Waals surface area (Å²) in [6.45, 7) is 0. The molecule has 0 saturated carbocycles. The van der Waals surface area contributed by atoms with E-state index in [-0.39, 0.29) is 0 Å². The van der Waals surface area contributed by atoms with Crippen LogP contribution in [0.4, 0.5) is 5.69 Å². The molecule has 0 saturated heterocycles. The average molecular weight is 236 g/mol. The summed E-state index contributed by atoms with van der Waals surface area (Å²) in [6.07, 6.45) is 3.79. The highest BCUT2D eigenvalue weighted by Crippen LogP contribution is 2.25. The number of halogens is 1. The highest BCUT2D eigenvalue weighted by Gasteiger charge is 2.13. The molecule has 0 aromatic carbocycles. The third kappa shape index (κ3) is 2.13. The van der Waals surface area contributed by atoms with Crippen LogP contribution in [0.3, 0.4) is 0 Å². The zero-order valence-electron chi connectivity index (χ0n) is 8.34. The van der Waals surface area contributed by atoms with Crippen LogP contribution in [0.25, 0.3) is 0 Å². The summed E-state index contributed by atoms with van der Waals surface area (Å²) in [7, 11) is 0. The van der Waals surface area contributed by atoms with Crippen molar-refractivity contribution in [1.82, 2.24) is 9.97 Å². The standard InChI is InChI=1S/C11H10ClN3O/c12-10-2-1-7(5-15-10)11(16)8-6-14-4-3-9(8)13/h1-6,11,16H,(H2,13,14). The number of aromatic nitrogens is 2. The highest BCUT2D eigenvalue weighted by atomic mass is 35.5. The summed E-state index contributed by atoms with van der Waals surface area (Å²) < 4.78 is 0. The van der Waals surface area contributed by atoms with Crippen LogP contribution in [0, 0.1) is 0 Å². The fraction of sp³-hybridized carbons (Fsp3) is 0.0909. The number of rotatable bonds is 2. The average Bonchev–Trinajstić information content (AvgIpc) is 2.30. The molecule has 0 spiro atoms. The molecule has 4 nitrogen and oxygen atoms in total. The van der Waals surface area contributed by atoms with Crippen LogP contribution < -0.4 is 5.73 Å². The van der Waals surface area contributed by atoms with Gasteiger partial charge in [-0.2, -0.15) is 0 Å². The van der Waals surface area contributed by atoms with Crippen molar-refractivity contribution in [3.63, 3.8) is 0 Å². The van der Waals surface area contributed by atoms with Crippen LogP contribution in [0.2, 0.25) is 5.15 Å². The molecule has 2 rings (SSSR count). The van der Waals surface area contributed by atoms with Gasteiger partial charge in [0.15, 0.2) is 0 Å². The molecule has 0 radical (unpaired) electrons. The number of aliphatic hydroxyl groups is 1. The molecule has 82 valence electrons. The first-order chi connectivity index (χ1) is 7.68. The van der Waals surface area contributed by atoms with Gasteiger partial charge in [0.1, 0.15) is 11.3 Å². The summed E-state index contributed by atoms with van der Waals surface area (Å²) in [6, 6.07) is 4.96. The molecule has 3 N–H and O–H groups in total. The smallest absolute Gasteiger partial charge is 0.129 e. The third-order valence-corrected chi connectivity index (χ3v) is 2.47. The Morgan fingerprint density at radius 1 is 1.25 bits per heavy atom. The van der Waals surface area contributed by atoms with E-state index in [1.165, 1.54) is 12.4 Å². The number of hydrogen-bond acceptors (Lipinski definition) is 4. The van der Waals surface area contributed by atoms with Crippen molar-refractivity contribution < 1.29 is 5.11 Å². The Hall–Kier alpha value is -1.65. The first-order valence-electron chi connectivity index (χ1n) is 4.67. The minimum atomic E-state index is -0.835. The number of hydrogen-bond donors (Lipinski definition) is 2. The first-order valence-corrected chi connectivity index (χ1v) is 5.05. The number of anilines is 1. The highest BCUT2D eigenvalue weighted by molar-refractivity contribution is 6.29. The molecule has 2 heterocycles. The Kier molecular flexibility index (Phi) is 3.03. The van der Waals surface area contributed by atoms with Crippen molar-refractivity contribution in [3.8, 4) is 0 Å². The Labute approximate surface area is 97.7 Å². The van der Waals surface area contributed by atoms with E-state index in [0.29, 0.717) is 22.0 Å². The molecule has 1 atom stereocenters. The summed E-state index contributed by atoms with van der Waals surface area (Å²) >= 11 is 5.66. The zero-order chi connectivity index (χ0) is 11.5. The number of aliphatic hydroxyl groups excluding tert-OH is 1. The SMILES string of the molecule is Nc1ccncc1C(O)c1ccc(Cl)nc1. The van der Waals surface area contributed by atoms with E-state index in [1.807, 2.05) is 0 Å². The van der Waals surface area contributed by atoms with Gasteiger partial charge in [-0.1, -0.05) is 17.7 Å². The molecule has 0 aliphatic rings. The predicted octanol–water partition coefficient (Wildman–Crippen LogP) is 1.79. The van der Waals surface area contributed by atoms with Crippen molar-refractivity contribution in [1.29, 1.82) is 0 Å². The number of nitrogens with zero attached hydrogens (tertiary/aromatic N) is 2. The second-order valence-corrected chi connectivity index (χ2v) is 3.71. The Morgan fingerprint density at radius 3 is 2.69 bits per heavy atom. The van der Waals surface area contributed by atoms with Crippen LogP contribution in [-0.2, 0) is 0 Å². The summed E-state index contributed by atoms with van der Waals surface area (Å²) in [4.78, 5) is 7.82. The van der Waals surface area contributed by atoms with Gasteiger partial charge < -0.3 is 10.8 Å². The molecule has 16 heavy (non-hydrogen) atoms. The molecule has 5 heteroatoms. The molecule has 2 aromatic rings. The Bertz CT molecular complexity index is 487. The lowest BCUT2D eigenvalue weighted by atomic mass is 10.0. The monoisotopic (exact) mass is 235 g/mol. The van der Waals surface area contributed by atoms with Crippen LogP contribution in [-0.4, -0.2) is 15.1 Å². The minimum absolute atomic E-state index is 0.384. The van der Waals surface area contributed by atoms with E-state index in [0.717, 1.165) is 0 Å². The van der Waals surface area contributed by atoms with E-state index in [9.17, 15) is 5.11 Å². The van der Waals surface area contributed by atoms with Crippen molar-refractivity contribution in [3.05, 3.63) is 53.1 Å². The van der Waals surface area contributed by atoms with Crippen molar-refractivity contribution in [2.45, 2.75) is 6.10 Å². The van der Waals surface area contributed by atoms with Crippen LogP contribution in [0.5, 0.6) is 0 Å². The van der Waals surface area contributed by atoms with Gasteiger partial charge in [-0.3, -0.25) is 4.98 Å². The molecule has 2 aromatic heterocycles. The van der Waals surface area contributed by atoms with Gasteiger partial charge in [0.05, 0.1) is 0 Å².